The van der Waals surface area contributed by atoms with Crippen LogP contribution in [-0.2, 0) is 23.8 Å². The topological polar surface area (TPSA) is 61.8 Å². The number of hydrogen-bond donors (Lipinski definition) is 0. The van der Waals surface area contributed by atoms with Crippen LogP contribution in [0.5, 0.6) is 0 Å². The van der Waals surface area contributed by atoms with Crippen LogP contribution in [0.2, 0.25) is 0 Å². The molecule has 1 aliphatic rings. The summed E-state index contributed by atoms with van der Waals surface area (Å²) in [5.41, 5.74) is 0.472. The molecule has 0 aromatic heterocycles. The number of carbonyl (C=O) groups is 2. The van der Waals surface area contributed by atoms with E-state index in [0.29, 0.717) is 17.8 Å². The van der Waals surface area contributed by atoms with Crippen molar-refractivity contribution >= 4 is 17.5 Å². The lowest BCUT2D eigenvalue weighted by Crippen LogP contribution is -2.42. The number of carbonyl (C=O) groups excluding carboxylic acids is 2. The fraction of sp³-hybridized carbons (Fsp3) is 0.300. The fourth-order valence-corrected chi connectivity index (χ4v) is 3.06. The van der Waals surface area contributed by atoms with Crippen molar-refractivity contribution in [3.8, 4) is 0 Å². The van der Waals surface area contributed by atoms with E-state index in [9.17, 15) is 9.59 Å². The average molecular weight is 342 g/mol. The third kappa shape index (κ3) is 3.50. The molecule has 1 aromatic rings. The van der Waals surface area contributed by atoms with E-state index in [-0.39, 0.29) is 0 Å². The number of benzene rings is 1. The summed E-state index contributed by atoms with van der Waals surface area (Å²) >= 11 is 0. The molecule has 0 fully saturated rings. The minimum atomic E-state index is -1.17. The summed E-state index contributed by atoms with van der Waals surface area (Å²) in [6, 6.07) is 9.42. The largest absolute Gasteiger partial charge is 0.497 e. The summed E-state index contributed by atoms with van der Waals surface area (Å²) in [7, 11) is 4.06. The first-order chi connectivity index (χ1) is 12.0. The lowest BCUT2D eigenvalue weighted by atomic mass is 9.64. The Kier molecular flexibility index (Phi) is 5.80. The van der Waals surface area contributed by atoms with Crippen molar-refractivity contribution in [1.82, 2.24) is 0 Å². The van der Waals surface area contributed by atoms with Gasteiger partial charge in [-0.15, -0.1) is 0 Å². The number of rotatable bonds is 6. The first-order valence-electron chi connectivity index (χ1n) is 7.84. The summed E-state index contributed by atoms with van der Waals surface area (Å²) in [4.78, 5) is 24.9. The molecule has 5 nitrogen and oxygen atoms in total. The SMILES string of the molecule is C=C(c1ccccc1)C1(C(C(=O)OC)C(=O)OC)C=CC(OC)=CC1. The molecule has 0 amide bonds. The van der Waals surface area contributed by atoms with Crippen LogP contribution in [0, 0.1) is 11.3 Å². The predicted molar refractivity (Wildman–Crippen MR) is 94.3 cm³/mol. The number of hydrogen-bond acceptors (Lipinski definition) is 5. The zero-order valence-electron chi connectivity index (χ0n) is 14.7. The molecule has 2 rings (SSSR count). The molecule has 1 aromatic carbocycles. The summed E-state index contributed by atoms with van der Waals surface area (Å²) in [6.45, 7) is 4.19. The summed E-state index contributed by atoms with van der Waals surface area (Å²) in [5, 5.41) is 0. The molecule has 0 aliphatic heterocycles. The number of allylic oxidation sites excluding steroid dienone is 4. The summed E-state index contributed by atoms with van der Waals surface area (Å²) in [5.74, 6) is -1.84. The van der Waals surface area contributed by atoms with Crippen LogP contribution in [0.3, 0.4) is 0 Å². The van der Waals surface area contributed by atoms with Crippen molar-refractivity contribution in [2.24, 2.45) is 11.3 Å². The van der Waals surface area contributed by atoms with Crippen LogP contribution in [0.15, 0.2) is 60.9 Å². The van der Waals surface area contributed by atoms with Gasteiger partial charge < -0.3 is 14.2 Å². The third-order valence-corrected chi connectivity index (χ3v) is 4.49. The molecule has 1 unspecified atom stereocenters. The highest BCUT2D eigenvalue weighted by atomic mass is 16.5. The van der Waals surface area contributed by atoms with Crippen LogP contribution in [0.25, 0.3) is 5.57 Å². The Morgan fingerprint density at radius 3 is 2.12 bits per heavy atom. The van der Waals surface area contributed by atoms with Crippen LogP contribution < -0.4 is 0 Å². The van der Waals surface area contributed by atoms with Gasteiger partial charge in [0.05, 0.1) is 21.3 Å². The van der Waals surface area contributed by atoms with E-state index >= 15 is 0 Å². The van der Waals surface area contributed by atoms with Gasteiger partial charge in [-0.1, -0.05) is 43.0 Å². The second-order valence-corrected chi connectivity index (χ2v) is 5.71. The maximum absolute atomic E-state index is 12.5. The first-order valence-corrected chi connectivity index (χ1v) is 7.84. The monoisotopic (exact) mass is 342 g/mol. The van der Waals surface area contributed by atoms with Gasteiger partial charge >= 0.3 is 11.9 Å². The summed E-state index contributed by atoms with van der Waals surface area (Å²) < 4.78 is 15.0. The Morgan fingerprint density at radius 1 is 1.08 bits per heavy atom. The second kappa shape index (κ2) is 7.83. The Morgan fingerprint density at radius 2 is 1.68 bits per heavy atom. The number of ether oxygens (including phenoxy) is 3. The normalized spacial score (nSPS) is 19.1. The second-order valence-electron chi connectivity index (χ2n) is 5.71. The molecule has 132 valence electrons. The van der Waals surface area contributed by atoms with Crippen molar-refractivity contribution in [3.05, 3.63) is 66.5 Å². The Labute approximate surface area is 147 Å². The molecular weight excluding hydrogens is 320 g/mol. The number of esters is 2. The molecule has 0 spiro atoms. The molecule has 1 aliphatic carbocycles. The molecule has 0 heterocycles. The lowest BCUT2D eigenvalue weighted by Gasteiger charge is -2.38. The van der Waals surface area contributed by atoms with Crippen LogP contribution in [0.4, 0.5) is 0 Å². The zero-order chi connectivity index (χ0) is 18.4. The van der Waals surface area contributed by atoms with Gasteiger partial charge in [-0.2, -0.15) is 0 Å². The van der Waals surface area contributed by atoms with E-state index in [1.807, 2.05) is 36.4 Å². The van der Waals surface area contributed by atoms with E-state index in [4.69, 9.17) is 14.2 Å². The molecule has 0 bridgehead atoms. The highest BCUT2D eigenvalue weighted by Gasteiger charge is 2.50. The number of methoxy groups -OCH3 is 3. The van der Waals surface area contributed by atoms with Crippen LogP contribution in [0.1, 0.15) is 12.0 Å². The highest BCUT2D eigenvalue weighted by molar-refractivity contribution is 5.99. The van der Waals surface area contributed by atoms with Gasteiger partial charge in [0.1, 0.15) is 5.76 Å². The first kappa shape index (κ1) is 18.5. The van der Waals surface area contributed by atoms with Gasteiger partial charge in [0, 0.05) is 5.41 Å². The average Bonchev–Trinajstić information content (AvgIpc) is 2.68. The standard InChI is InChI=1S/C20H22O5/c1-14(15-8-6-5-7-9-15)20(12-10-16(23-2)11-13-20)17(18(21)24-3)19(22)25-4/h5-12,17H,1,13H2,2-4H3. The molecular formula is C20H22O5. The maximum Gasteiger partial charge on any atom is 0.321 e. The van der Waals surface area contributed by atoms with Gasteiger partial charge in [-0.05, 0) is 29.7 Å². The zero-order valence-corrected chi connectivity index (χ0v) is 14.7. The smallest absolute Gasteiger partial charge is 0.321 e. The molecule has 1 atom stereocenters. The minimum absolute atomic E-state index is 0.356. The van der Waals surface area contributed by atoms with E-state index in [1.54, 1.807) is 19.3 Å². The molecule has 25 heavy (non-hydrogen) atoms. The quantitative estimate of drug-likeness (QED) is 0.587. The van der Waals surface area contributed by atoms with Crippen molar-refractivity contribution in [3.63, 3.8) is 0 Å². The van der Waals surface area contributed by atoms with Crippen LogP contribution >= 0.6 is 0 Å². The van der Waals surface area contributed by atoms with E-state index in [0.717, 1.165) is 5.56 Å². The molecule has 0 saturated carbocycles. The van der Waals surface area contributed by atoms with E-state index in [1.165, 1.54) is 14.2 Å². The Balaban J connectivity index is 2.58. The van der Waals surface area contributed by atoms with E-state index < -0.39 is 23.3 Å². The maximum atomic E-state index is 12.5. The van der Waals surface area contributed by atoms with Crippen molar-refractivity contribution < 1.29 is 23.8 Å². The fourth-order valence-electron chi connectivity index (χ4n) is 3.06. The Bertz CT molecular complexity index is 701. The third-order valence-electron chi connectivity index (χ3n) is 4.49. The summed E-state index contributed by atoms with van der Waals surface area (Å²) in [6.07, 6.45) is 5.69. The molecule has 0 saturated heterocycles. The molecule has 0 radical (unpaired) electrons. The van der Waals surface area contributed by atoms with Gasteiger partial charge in [-0.3, -0.25) is 9.59 Å². The van der Waals surface area contributed by atoms with Crippen molar-refractivity contribution in [2.75, 3.05) is 21.3 Å². The molecule has 5 heteroatoms. The van der Waals surface area contributed by atoms with E-state index in [2.05, 4.69) is 6.58 Å². The molecule has 0 N–H and O–H groups in total. The Hall–Kier alpha value is -2.82. The van der Waals surface area contributed by atoms with Gasteiger partial charge in [0.15, 0.2) is 5.92 Å². The van der Waals surface area contributed by atoms with Crippen LogP contribution in [-0.4, -0.2) is 33.3 Å². The predicted octanol–water partition coefficient (Wildman–Crippen LogP) is 3.14. The van der Waals surface area contributed by atoms with Gasteiger partial charge in [-0.25, -0.2) is 0 Å². The van der Waals surface area contributed by atoms with Crippen molar-refractivity contribution in [1.29, 1.82) is 0 Å². The van der Waals surface area contributed by atoms with Crippen molar-refractivity contribution in [2.45, 2.75) is 6.42 Å². The minimum Gasteiger partial charge on any atom is -0.497 e. The lowest BCUT2D eigenvalue weighted by molar-refractivity contribution is -0.162. The van der Waals surface area contributed by atoms with Gasteiger partial charge in [0.25, 0.3) is 0 Å². The highest BCUT2D eigenvalue weighted by Crippen LogP contribution is 2.48. The van der Waals surface area contributed by atoms with Gasteiger partial charge in [0.2, 0.25) is 0 Å².